The Hall–Kier alpha value is -2.05. The van der Waals surface area contributed by atoms with Gasteiger partial charge < -0.3 is 5.32 Å². The third-order valence-corrected chi connectivity index (χ3v) is 3.55. The molecule has 0 atom stereocenters. The minimum atomic E-state index is 0.763. The van der Waals surface area contributed by atoms with Crippen molar-refractivity contribution in [2.75, 3.05) is 0 Å². The number of nitrogens with one attached hydrogen (secondary N) is 2. The molecule has 5 nitrogen and oxygen atoms in total. The molecule has 0 aliphatic rings. The summed E-state index contributed by atoms with van der Waals surface area (Å²) in [4.78, 5) is 9.41. The van der Waals surface area contributed by atoms with Gasteiger partial charge in [0, 0.05) is 47.7 Å². The molecule has 0 unspecified atom stereocenters. The fraction of sp³-hybridized carbons (Fsp3) is 0.154. The molecule has 0 saturated heterocycles. The minimum absolute atomic E-state index is 0.763. The molecule has 3 aromatic rings. The highest BCUT2D eigenvalue weighted by molar-refractivity contribution is 7.09. The third-order valence-electron chi connectivity index (χ3n) is 2.77. The third kappa shape index (κ3) is 2.86. The van der Waals surface area contributed by atoms with Gasteiger partial charge in [0.25, 0.3) is 0 Å². The Kier molecular flexibility index (Phi) is 3.62. The largest absolute Gasteiger partial charge is 0.308 e. The molecule has 0 amide bonds. The topological polar surface area (TPSA) is 66.5 Å². The predicted octanol–water partition coefficient (Wildman–Crippen LogP) is 2.22. The van der Waals surface area contributed by atoms with E-state index in [-0.39, 0.29) is 0 Å². The minimum Gasteiger partial charge on any atom is -0.308 e. The summed E-state index contributed by atoms with van der Waals surface area (Å²) < 4.78 is 0. The Labute approximate surface area is 114 Å². The van der Waals surface area contributed by atoms with Gasteiger partial charge in [-0.3, -0.25) is 15.1 Å². The van der Waals surface area contributed by atoms with E-state index in [4.69, 9.17) is 0 Å². The Morgan fingerprint density at radius 2 is 2.16 bits per heavy atom. The lowest BCUT2D eigenvalue weighted by Crippen LogP contribution is -2.11. The zero-order valence-corrected chi connectivity index (χ0v) is 11.0. The van der Waals surface area contributed by atoms with Crippen molar-refractivity contribution in [3.05, 3.63) is 52.9 Å². The molecule has 3 aromatic heterocycles. The molecule has 0 saturated carbocycles. The monoisotopic (exact) mass is 271 g/mol. The zero-order chi connectivity index (χ0) is 12.9. The number of H-pyrrole nitrogens is 1. The molecule has 0 aliphatic carbocycles. The van der Waals surface area contributed by atoms with Crippen molar-refractivity contribution in [3.63, 3.8) is 0 Å². The van der Waals surface area contributed by atoms with Gasteiger partial charge in [0.05, 0.1) is 17.4 Å². The maximum atomic E-state index is 4.13. The number of thiazole rings is 1. The molecule has 96 valence electrons. The second-order valence-electron chi connectivity index (χ2n) is 4.08. The van der Waals surface area contributed by atoms with Gasteiger partial charge in [-0.15, -0.1) is 11.3 Å². The predicted molar refractivity (Wildman–Crippen MR) is 74.5 cm³/mol. The van der Waals surface area contributed by atoms with Gasteiger partial charge in [0.1, 0.15) is 0 Å². The van der Waals surface area contributed by atoms with Crippen LogP contribution in [0.5, 0.6) is 0 Å². The van der Waals surface area contributed by atoms with Crippen LogP contribution >= 0.6 is 11.3 Å². The van der Waals surface area contributed by atoms with Gasteiger partial charge in [-0.2, -0.15) is 5.10 Å². The Morgan fingerprint density at radius 1 is 1.16 bits per heavy atom. The van der Waals surface area contributed by atoms with Gasteiger partial charge in [-0.1, -0.05) is 0 Å². The fourth-order valence-corrected chi connectivity index (χ4v) is 2.42. The lowest BCUT2D eigenvalue weighted by molar-refractivity contribution is 0.701. The molecule has 19 heavy (non-hydrogen) atoms. The molecule has 0 aliphatic heterocycles. The molecule has 0 spiro atoms. The van der Waals surface area contributed by atoms with E-state index in [0.717, 1.165) is 29.9 Å². The fourth-order valence-electron chi connectivity index (χ4n) is 1.86. The first-order valence-corrected chi connectivity index (χ1v) is 6.82. The van der Waals surface area contributed by atoms with Gasteiger partial charge in [0.15, 0.2) is 0 Å². The average molecular weight is 271 g/mol. The molecule has 0 bridgehead atoms. The van der Waals surface area contributed by atoms with Crippen molar-refractivity contribution < 1.29 is 0 Å². The van der Waals surface area contributed by atoms with Crippen molar-refractivity contribution >= 4 is 11.3 Å². The number of aromatic amines is 1. The second-order valence-corrected chi connectivity index (χ2v) is 5.05. The van der Waals surface area contributed by atoms with Gasteiger partial charge in [-0.05, 0) is 12.1 Å². The normalized spacial score (nSPS) is 10.7. The highest BCUT2D eigenvalue weighted by atomic mass is 32.1. The van der Waals surface area contributed by atoms with Crippen molar-refractivity contribution in [2.45, 2.75) is 13.1 Å². The number of hydrogen-bond acceptors (Lipinski definition) is 5. The molecule has 0 fully saturated rings. The van der Waals surface area contributed by atoms with Crippen LogP contribution in [0.1, 0.15) is 10.4 Å². The Balaban J connectivity index is 1.67. The Bertz CT molecular complexity index is 618. The van der Waals surface area contributed by atoms with Crippen LogP contribution in [0.15, 0.2) is 42.4 Å². The number of aromatic nitrogens is 4. The van der Waals surface area contributed by atoms with Crippen molar-refractivity contribution in [3.8, 4) is 11.3 Å². The van der Waals surface area contributed by atoms with Crippen LogP contribution in [0, 0.1) is 0 Å². The molecule has 6 heteroatoms. The van der Waals surface area contributed by atoms with E-state index in [1.165, 1.54) is 4.88 Å². The van der Waals surface area contributed by atoms with Crippen LogP contribution in [0.2, 0.25) is 0 Å². The highest BCUT2D eigenvalue weighted by Crippen LogP contribution is 2.19. The summed E-state index contributed by atoms with van der Waals surface area (Å²) in [7, 11) is 0. The van der Waals surface area contributed by atoms with Gasteiger partial charge in [0.2, 0.25) is 0 Å². The molecule has 2 N–H and O–H groups in total. The number of nitrogens with zero attached hydrogens (tertiary/aromatic N) is 3. The summed E-state index contributed by atoms with van der Waals surface area (Å²) >= 11 is 1.65. The van der Waals surface area contributed by atoms with E-state index in [2.05, 4.69) is 25.5 Å². The van der Waals surface area contributed by atoms with E-state index in [1.807, 2.05) is 36.2 Å². The number of hydrogen-bond donors (Lipinski definition) is 2. The van der Waals surface area contributed by atoms with E-state index in [0.29, 0.717) is 0 Å². The first-order chi connectivity index (χ1) is 9.43. The van der Waals surface area contributed by atoms with E-state index in [9.17, 15) is 0 Å². The Morgan fingerprint density at radius 3 is 2.95 bits per heavy atom. The van der Waals surface area contributed by atoms with Crippen LogP contribution in [0.25, 0.3) is 11.3 Å². The molecule has 3 rings (SSSR count). The first-order valence-electron chi connectivity index (χ1n) is 5.94. The molecular formula is C13H13N5S. The molecular weight excluding hydrogens is 258 g/mol. The first kappa shape index (κ1) is 12.0. The summed E-state index contributed by atoms with van der Waals surface area (Å²) in [6, 6.07) is 3.94. The molecule has 0 aromatic carbocycles. The van der Waals surface area contributed by atoms with Gasteiger partial charge >= 0.3 is 0 Å². The van der Waals surface area contributed by atoms with E-state index in [1.54, 1.807) is 17.5 Å². The van der Waals surface area contributed by atoms with Crippen LogP contribution in [0.3, 0.4) is 0 Å². The summed E-state index contributed by atoms with van der Waals surface area (Å²) in [6.07, 6.45) is 7.33. The quantitative estimate of drug-likeness (QED) is 0.746. The van der Waals surface area contributed by atoms with Crippen LogP contribution in [0.4, 0.5) is 0 Å². The summed E-state index contributed by atoms with van der Waals surface area (Å²) in [5.41, 5.74) is 5.05. The number of rotatable bonds is 5. The number of pyridine rings is 1. The van der Waals surface area contributed by atoms with Gasteiger partial charge in [-0.25, -0.2) is 0 Å². The molecule has 0 radical (unpaired) electrons. The molecule has 3 heterocycles. The average Bonchev–Trinajstić information content (AvgIpc) is 3.11. The standard InChI is InChI=1S/C13H13N5S/c1-2-10(4-14-3-1)13-11(6-17-18-13)5-15-7-12-8-16-9-19-12/h1-4,6,8-9,15H,5,7H2,(H,17,18). The zero-order valence-electron chi connectivity index (χ0n) is 10.2. The van der Waals surface area contributed by atoms with Crippen LogP contribution < -0.4 is 5.32 Å². The highest BCUT2D eigenvalue weighted by Gasteiger charge is 2.07. The van der Waals surface area contributed by atoms with Crippen molar-refractivity contribution in [1.82, 2.24) is 25.5 Å². The van der Waals surface area contributed by atoms with Crippen molar-refractivity contribution in [1.29, 1.82) is 0 Å². The summed E-state index contributed by atoms with van der Waals surface area (Å²) in [5.74, 6) is 0. The second kappa shape index (κ2) is 5.73. The van der Waals surface area contributed by atoms with E-state index < -0.39 is 0 Å². The van der Waals surface area contributed by atoms with E-state index >= 15 is 0 Å². The van der Waals surface area contributed by atoms with Crippen LogP contribution in [-0.2, 0) is 13.1 Å². The summed E-state index contributed by atoms with van der Waals surface area (Å²) in [6.45, 7) is 1.58. The maximum Gasteiger partial charge on any atom is 0.0794 e. The van der Waals surface area contributed by atoms with Crippen molar-refractivity contribution in [2.24, 2.45) is 0 Å². The lowest BCUT2D eigenvalue weighted by atomic mass is 10.1. The smallest absolute Gasteiger partial charge is 0.0794 e. The van der Waals surface area contributed by atoms with Crippen LogP contribution in [-0.4, -0.2) is 20.2 Å². The SMILES string of the molecule is c1cncc(-c2[nH]ncc2CNCc2cncs2)c1. The lowest BCUT2D eigenvalue weighted by Gasteiger charge is -2.04. The maximum absolute atomic E-state index is 4.13. The summed E-state index contributed by atoms with van der Waals surface area (Å²) in [5, 5.41) is 10.5.